The first-order valence-corrected chi connectivity index (χ1v) is 8.24. The number of aromatic carboxylic acids is 1. The molecule has 1 amide bonds. The van der Waals surface area contributed by atoms with Gasteiger partial charge in [0.2, 0.25) is 0 Å². The summed E-state index contributed by atoms with van der Waals surface area (Å²) in [7, 11) is 1.44. The minimum Gasteiger partial charge on any atom is -0.507 e. The maximum Gasteiger partial charge on any atom is 0.339 e. The average Bonchev–Trinajstić information content (AvgIpc) is 2.49. The number of methoxy groups -OCH3 is 1. The number of hydrogen-bond acceptors (Lipinski definition) is 4. The molecule has 0 spiro atoms. The first-order valence-electron chi connectivity index (χ1n) is 6.66. The van der Waals surface area contributed by atoms with Crippen LogP contribution in [0.1, 0.15) is 26.3 Å². The minimum atomic E-state index is -1.28. The molecule has 8 heteroatoms. The zero-order valence-electron chi connectivity index (χ0n) is 12.7. The molecule has 0 heterocycles. The molecule has 0 saturated carbocycles. The Hall–Kier alpha value is -2.06. The molecule has 0 aliphatic heterocycles. The smallest absolute Gasteiger partial charge is 0.339 e. The highest BCUT2D eigenvalue weighted by Gasteiger charge is 2.19. The van der Waals surface area contributed by atoms with E-state index in [1.807, 2.05) is 0 Å². The third kappa shape index (κ3) is 3.70. The number of aryl methyl sites for hydroxylation is 1. The van der Waals surface area contributed by atoms with Crippen molar-refractivity contribution < 1.29 is 24.5 Å². The third-order valence-corrected chi connectivity index (χ3v) is 4.29. The Bertz CT molecular complexity index is 836. The summed E-state index contributed by atoms with van der Waals surface area (Å²) >= 11 is 6.62. The molecule has 0 aliphatic rings. The summed E-state index contributed by atoms with van der Waals surface area (Å²) in [5.41, 5.74) is 0.576. The zero-order valence-corrected chi connectivity index (χ0v) is 15.9. The highest BCUT2D eigenvalue weighted by molar-refractivity contribution is 9.11. The maximum atomic E-state index is 12.5. The number of ether oxygens (including phenoxy) is 1. The summed E-state index contributed by atoms with van der Waals surface area (Å²) in [5, 5.41) is 21.5. The van der Waals surface area contributed by atoms with Gasteiger partial charge >= 0.3 is 5.97 Å². The SMILES string of the molecule is COc1c(Br)cc(Br)cc1C(=O)Nc1cc(C)c(O)c(C(=O)O)c1. The summed E-state index contributed by atoms with van der Waals surface area (Å²) in [4.78, 5) is 23.7. The maximum absolute atomic E-state index is 12.5. The molecule has 0 aromatic heterocycles. The van der Waals surface area contributed by atoms with Crippen molar-refractivity contribution in [3.05, 3.63) is 49.9 Å². The van der Waals surface area contributed by atoms with Gasteiger partial charge in [-0.1, -0.05) is 15.9 Å². The van der Waals surface area contributed by atoms with E-state index in [1.165, 1.54) is 19.2 Å². The number of rotatable bonds is 4. The Balaban J connectivity index is 2.43. The number of benzene rings is 2. The molecule has 2 aromatic carbocycles. The second kappa shape index (κ2) is 7.23. The van der Waals surface area contributed by atoms with Crippen molar-refractivity contribution in [3.63, 3.8) is 0 Å². The van der Waals surface area contributed by atoms with Crippen molar-refractivity contribution >= 4 is 49.4 Å². The van der Waals surface area contributed by atoms with Gasteiger partial charge in [0, 0.05) is 10.2 Å². The first kappa shape index (κ1) is 18.3. The molecule has 3 N–H and O–H groups in total. The van der Waals surface area contributed by atoms with Crippen LogP contribution in [0.15, 0.2) is 33.2 Å². The predicted octanol–water partition coefficient (Wildman–Crippen LogP) is 4.18. The second-order valence-electron chi connectivity index (χ2n) is 4.92. The Morgan fingerprint density at radius 1 is 1.12 bits per heavy atom. The van der Waals surface area contributed by atoms with E-state index in [2.05, 4.69) is 37.2 Å². The zero-order chi connectivity index (χ0) is 18.0. The van der Waals surface area contributed by atoms with Crippen LogP contribution in [-0.4, -0.2) is 29.2 Å². The molecule has 0 unspecified atom stereocenters. The molecule has 0 fully saturated rings. The molecule has 126 valence electrons. The van der Waals surface area contributed by atoms with Crippen molar-refractivity contribution in [1.29, 1.82) is 0 Å². The van der Waals surface area contributed by atoms with Crippen molar-refractivity contribution in [3.8, 4) is 11.5 Å². The lowest BCUT2D eigenvalue weighted by Crippen LogP contribution is -2.14. The number of anilines is 1. The van der Waals surface area contributed by atoms with Gasteiger partial charge in [-0.2, -0.15) is 0 Å². The monoisotopic (exact) mass is 457 g/mol. The van der Waals surface area contributed by atoms with Gasteiger partial charge in [-0.25, -0.2) is 4.79 Å². The normalized spacial score (nSPS) is 10.3. The summed E-state index contributed by atoms with van der Waals surface area (Å²) < 4.78 is 6.50. The van der Waals surface area contributed by atoms with Gasteiger partial charge in [-0.15, -0.1) is 0 Å². The van der Waals surface area contributed by atoms with Gasteiger partial charge in [0.05, 0.1) is 17.1 Å². The molecule has 0 atom stereocenters. The number of halogens is 2. The number of phenols is 1. The fourth-order valence-electron chi connectivity index (χ4n) is 2.15. The number of carbonyl (C=O) groups is 2. The van der Waals surface area contributed by atoms with Crippen LogP contribution in [0.5, 0.6) is 11.5 Å². The second-order valence-corrected chi connectivity index (χ2v) is 6.69. The topological polar surface area (TPSA) is 95.9 Å². The number of nitrogens with one attached hydrogen (secondary N) is 1. The third-order valence-electron chi connectivity index (χ3n) is 3.25. The number of aromatic hydroxyl groups is 1. The molecule has 2 rings (SSSR count). The average molecular weight is 459 g/mol. The van der Waals surface area contributed by atoms with Crippen LogP contribution in [0.3, 0.4) is 0 Å². The van der Waals surface area contributed by atoms with Crippen LogP contribution < -0.4 is 10.1 Å². The van der Waals surface area contributed by atoms with E-state index in [1.54, 1.807) is 19.1 Å². The lowest BCUT2D eigenvalue weighted by molar-refractivity contribution is 0.0693. The molecule has 0 saturated heterocycles. The number of carboxylic acid groups (broad SMARTS) is 1. The Kier molecular flexibility index (Phi) is 5.51. The number of carbonyl (C=O) groups excluding carboxylic acids is 1. The van der Waals surface area contributed by atoms with Crippen molar-refractivity contribution in [1.82, 2.24) is 0 Å². The van der Waals surface area contributed by atoms with Crippen LogP contribution in [0.4, 0.5) is 5.69 Å². The Labute approximate surface area is 154 Å². The van der Waals surface area contributed by atoms with Crippen LogP contribution in [-0.2, 0) is 0 Å². The molecule has 0 radical (unpaired) electrons. The van der Waals surface area contributed by atoms with Gasteiger partial charge in [0.15, 0.2) is 0 Å². The fraction of sp³-hybridized carbons (Fsp3) is 0.125. The van der Waals surface area contributed by atoms with Crippen LogP contribution in [0, 0.1) is 6.92 Å². The molecule has 2 aromatic rings. The lowest BCUT2D eigenvalue weighted by atomic mass is 10.1. The van der Waals surface area contributed by atoms with Gasteiger partial charge in [0.1, 0.15) is 17.1 Å². The lowest BCUT2D eigenvalue weighted by Gasteiger charge is -2.13. The highest BCUT2D eigenvalue weighted by Crippen LogP contribution is 2.33. The fourth-order valence-corrected chi connectivity index (χ4v) is 3.54. The first-order chi connectivity index (χ1) is 11.2. The summed E-state index contributed by atoms with van der Waals surface area (Å²) in [6, 6.07) is 6.01. The van der Waals surface area contributed by atoms with E-state index in [-0.39, 0.29) is 22.6 Å². The van der Waals surface area contributed by atoms with Gasteiger partial charge < -0.3 is 20.3 Å². The molecule has 24 heavy (non-hydrogen) atoms. The van der Waals surface area contributed by atoms with E-state index in [9.17, 15) is 14.7 Å². The van der Waals surface area contributed by atoms with E-state index >= 15 is 0 Å². The van der Waals surface area contributed by atoms with E-state index in [0.717, 1.165) is 0 Å². The van der Waals surface area contributed by atoms with Crippen LogP contribution >= 0.6 is 31.9 Å². The standard InChI is InChI=1S/C16H13Br2NO5/c1-7-3-9(6-10(13(7)20)16(22)23)19-15(21)11-4-8(17)5-12(18)14(11)24-2/h3-6,20H,1-2H3,(H,19,21)(H,22,23). The van der Waals surface area contributed by atoms with Crippen molar-refractivity contribution in [2.75, 3.05) is 12.4 Å². The summed E-state index contributed by atoms with van der Waals surface area (Å²) in [5.74, 6) is -1.74. The molecular weight excluding hydrogens is 446 g/mol. The highest BCUT2D eigenvalue weighted by atomic mass is 79.9. The largest absolute Gasteiger partial charge is 0.507 e. The quantitative estimate of drug-likeness (QED) is 0.597. The van der Waals surface area contributed by atoms with Gasteiger partial charge in [-0.05, 0) is 52.7 Å². The minimum absolute atomic E-state index is 0.255. The molecule has 6 nitrogen and oxygen atoms in total. The molecule has 0 bridgehead atoms. The Morgan fingerprint density at radius 3 is 2.38 bits per heavy atom. The van der Waals surface area contributed by atoms with Crippen LogP contribution in [0.2, 0.25) is 0 Å². The number of amides is 1. The Morgan fingerprint density at radius 2 is 1.79 bits per heavy atom. The number of carboxylic acids is 1. The van der Waals surface area contributed by atoms with E-state index in [4.69, 9.17) is 9.84 Å². The summed E-state index contributed by atoms with van der Waals surface area (Å²) in [6.45, 7) is 1.55. The van der Waals surface area contributed by atoms with Gasteiger partial charge in [-0.3, -0.25) is 4.79 Å². The number of hydrogen-bond donors (Lipinski definition) is 3. The van der Waals surface area contributed by atoms with Gasteiger partial charge in [0.25, 0.3) is 5.91 Å². The van der Waals surface area contributed by atoms with E-state index in [0.29, 0.717) is 20.3 Å². The van der Waals surface area contributed by atoms with Crippen LogP contribution in [0.25, 0.3) is 0 Å². The van der Waals surface area contributed by atoms with Crippen molar-refractivity contribution in [2.24, 2.45) is 0 Å². The summed E-state index contributed by atoms with van der Waals surface area (Å²) in [6.07, 6.45) is 0. The molecular formula is C16H13Br2NO5. The molecule has 0 aliphatic carbocycles. The van der Waals surface area contributed by atoms with Crippen molar-refractivity contribution in [2.45, 2.75) is 6.92 Å². The predicted molar refractivity (Wildman–Crippen MR) is 96.2 cm³/mol. The van der Waals surface area contributed by atoms with E-state index < -0.39 is 11.9 Å².